The number of aryl methyl sites for hydroxylation is 1. The predicted octanol–water partition coefficient (Wildman–Crippen LogP) is 3.35. The molecule has 6 heteroatoms. The van der Waals surface area contributed by atoms with E-state index < -0.39 is 16.6 Å². The number of nitro benzene ring substituents is 1. The van der Waals surface area contributed by atoms with Gasteiger partial charge in [0.25, 0.3) is 11.6 Å². The third-order valence-electron chi connectivity index (χ3n) is 4.12. The molecule has 2 rings (SSSR count). The van der Waals surface area contributed by atoms with Gasteiger partial charge in [0.15, 0.2) is 0 Å². The van der Waals surface area contributed by atoms with Crippen molar-refractivity contribution in [2.75, 3.05) is 0 Å². The fourth-order valence-electron chi connectivity index (χ4n) is 2.80. The second-order valence-corrected chi connectivity index (χ2v) is 5.72. The molecule has 0 radical (unpaired) electrons. The molecule has 0 saturated heterocycles. The number of amides is 1. The van der Waals surface area contributed by atoms with E-state index in [0.717, 1.165) is 37.8 Å². The van der Waals surface area contributed by atoms with Gasteiger partial charge in [0.2, 0.25) is 0 Å². The molecular weight excluding hydrogens is 275 g/mol. The van der Waals surface area contributed by atoms with Gasteiger partial charge >= 0.3 is 0 Å². The van der Waals surface area contributed by atoms with Crippen molar-refractivity contribution in [2.45, 2.75) is 45.6 Å². The van der Waals surface area contributed by atoms with Crippen molar-refractivity contribution in [2.24, 2.45) is 5.92 Å². The van der Waals surface area contributed by atoms with Crippen molar-refractivity contribution in [3.05, 3.63) is 39.2 Å². The van der Waals surface area contributed by atoms with E-state index >= 15 is 0 Å². The molecule has 5 nitrogen and oxygen atoms in total. The highest BCUT2D eigenvalue weighted by Crippen LogP contribution is 2.25. The standard InChI is InChI=1S/C15H19FN2O3/c1-9-5-3-4-6-13(9)17-15(19)12-8-11(18(20)21)7-10(2)14(12)16/h7-9,13H,3-6H2,1-2H3,(H,17,19). The van der Waals surface area contributed by atoms with Crippen LogP contribution in [-0.2, 0) is 0 Å². The molecule has 114 valence electrons. The summed E-state index contributed by atoms with van der Waals surface area (Å²) in [6.45, 7) is 3.47. The van der Waals surface area contributed by atoms with E-state index in [0.29, 0.717) is 5.92 Å². The van der Waals surface area contributed by atoms with Gasteiger partial charge in [-0.2, -0.15) is 0 Å². The number of hydrogen-bond acceptors (Lipinski definition) is 3. The zero-order valence-electron chi connectivity index (χ0n) is 12.2. The molecule has 1 aromatic carbocycles. The van der Waals surface area contributed by atoms with Gasteiger partial charge in [-0.25, -0.2) is 4.39 Å². The lowest BCUT2D eigenvalue weighted by Gasteiger charge is -2.29. The van der Waals surface area contributed by atoms with Crippen LogP contribution in [0.4, 0.5) is 10.1 Å². The molecule has 1 fully saturated rings. The number of rotatable bonds is 3. The molecule has 2 atom stereocenters. The second-order valence-electron chi connectivity index (χ2n) is 5.72. The zero-order chi connectivity index (χ0) is 15.6. The van der Waals surface area contributed by atoms with E-state index in [-0.39, 0.29) is 22.9 Å². The molecule has 1 aliphatic rings. The number of hydrogen-bond donors (Lipinski definition) is 1. The van der Waals surface area contributed by atoms with E-state index in [1.165, 1.54) is 6.92 Å². The normalized spacial score (nSPS) is 21.9. The summed E-state index contributed by atoms with van der Waals surface area (Å²) in [6.07, 6.45) is 4.06. The summed E-state index contributed by atoms with van der Waals surface area (Å²) in [5, 5.41) is 13.7. The van der Waals surface area contributed by atoms with Crippen molar-refractivity contribution in [3.63, 3.8) is 0 Å². The van der Waals surface area contributed by atoms with Crippen LogP contribution in [0.15, 0.2) is 12.1 Å². The topological polar surface area (TPSA) is 72.2 Å². The quantitative estimate of drug-likeness (QED) is 0.686. The summed E-state index contributed by atoms with van der Waals surface area (Å²) in [5.41, 5.74) is -0.416. The van der Waals surface area contributed by atoms with Crippen LogP contribution in [0.3, 0.4) is 0 Å². The van der Waals surface area contributed by atoms with Gasteiger partial charge in [-0.15, -0.1) is 0 Å². The van der Waals surface area contributed by atoms with Crippen molar-refractivity contribution in [3.8, 4) is 0 Å². The molecule has 1 aromatic rings. The molecule has 1 N–H and O–H groups in total. The van der Waals surface area contributed by atoms with Gasteiger partial charge in [-0.05, 0) is 31.2 Å². The third-order valence-corrected chi connectivity index (χ3v) is 4.12. The van der Waals surface area contributed by atoms with Crippen molar-refractivity contribution >= 4 is 11.6 Å². The van der Waals surface area contributed by atoms with Crippen LogP contribution in [0.1, 0.15) is 48.5 Å². The lowest BCUT2D eigenvalue weighted by Crippen LogP contribution is -2.41. The van der Waals surface area contributed by atoms with Crippen LogP contribution in [0.25, 0.3) is 0 Å². The second kappa shape index (κ2) is 6.20. The Morgan fingerprint density at radius 3 is 2.67 bits per heavy atom. The fourth-order valence-corrected chi connectivity index (χ4v) is 2.80. The first-order valence-electron chi connectivity index (χ1n) is 7.15. The van der Waals surface area contributed by atoms with Crippen molar-refractivity contribution in [1.82, 2.24) is 5.32 Å². The number of nitrogens with zero attached hydrogens (tertiary/aromatic N) is 1. The average molecular weight is 294 g/mol. The maximum absolute atomic E-state index is 14.1. The Labute approximate surface area is 122 Å². The summed E-state index contributed by atoms with van der Waals surface area (Å²) in [4.78, 5) is 22.4. The van der Waals surface area contributed by atoms with Crippen LogP contribution in [0.5, 0.6) is 0 Å². The van der Waals surface area contributed by atoms with Gasteiger partial charge in [0.05, 0.1) is 10.5 Å². The van der Waals surface area contributed by atoms with Gasteiger partial charge in [-0.3, -0.25) is 14.9 Å². The first kappa shape index (κ1) is 15.4. The first-order valence-corrected chi connectivity index (χ1v) is 7.15. The van der Waals surface area contributed by atoms with Gasteiger partial charge in [0, 0.05) is 18.2 Å². The van der Waals surface area contributed by atoms with Crippen LogP contribution in [0.2, 0.25) is 0 Å². The van der Waals surface area contributed by atoms with Gasteiger partial charge < -0.3 is 5.32 Å². The van der Waals surface area contributed by atoms with Crippen LogP contribution in [-0.4, -0.2) is 16.9 Å². The SMILES string of the molecule is Cc1cc([N+](=O)[O-])cc(C(=O)NC2CCCCC2C)c1F. The summed E-state index contributed by atoms with van der Waals surface area (Å²) in [7, 11) is 0. The molecular formula is C15H19FN2O3. The minimum Gasteiger partial charge on any atom is -0.349 e. The van der Waals surface area contributed by atoms with E-state index in [9.17, 15) is 19.3 Å². The Bertz CT molecular complexity index is 574. The third kappa shape index (κ3) is 3.37. The molecule has 21 heavy (non-hydrogen) atoms. The molecule has 1 aliphatic carbocycles. The maximum atomic E-state index is 14.1. The number of carbonyl (C=O) groups excluding carboxylic acids is 1. The number of carbonyl (C=O) groups is 1. The summed E-state index contributed by atoms with van der Waals surface area (Å²) >= 11 is 0. The lowest BCUT2D eigenvalue weighted by molar-refractivity contribution is -0.385. The predicted molar refractivity (Wildman–Crippen MR) is 76.7 cm³/mol. The fraction of sp³-hybridized carbons (Fsp3) is 0.533. The minimum absolute atomic E-state index is 0.00483. The number of nitrogens with one attached hydrogen (secondary N) is 1. The maximum Gasteiger partial charge on any atom is 0.270 e. The Morgan fingerprint density at radius 1 is 1.38 bits per heavy atom. The number of nitro groups is 1. The Morgan fingerprint density at radius 2 is 2.05 bits per heavy atom. The molecule has 1 saturated carbocycles. The molecule has 1 amide bonds. The highest BCUT2D eigenvalue weighted by molar-refractivity contribution is 5.95. The average Bonchev–Trinajstić information content (AvgIpc) is 2.43. The molecule has 2 unspecified atom stereocenters. The highest BCUT2D eigenvalue weighted by atomic mass is 19.1. The van der Waals surface area contributed by atoms with E-state index in [1.807, 2.05) is 0 Å². The van der Waals surface area contributed by atoms with Gasteiger partial charge in [0.1, 0.15) is 5.82 Å². The van der Waals surface area contributed by atoms with E-state index in [2.05, 4.69) is 12.2 Å². The van der Waals surface area contributed by atoms with E-state index in [1.54, 1.807) is 0 Å². The summed E-state index contributed by atoms with van der Waals surface area (Å²) in [6, 6.07) is 2.14. The molecule has 0 spiro atoms. The minimum atomic E-state index is -0.693. The Kier molecular flexibility index (Phi) is 4.55. The Hall–Kier alpha value is -1.98. The van der Waals surface area contributed by atoms with Gasteiger partial charge in [-0.1, -0.05) is 19.8 Å². The molecule has 0 bridgehead atoms. The monoisotopic (exact) mass is 294 g/mol. The molecule has 0 aromatic heterocycles. The number of non-ortho nitro benzene ring substituents is 1. The lowest BCUT2D eigenvalue weighted by atomic mass is 9.86. The van der Waals surface area contributed by atoms with Crippen LogP contribution >= 0.6 is 0 Å². The van der Waals surface area contributed by atoms with Crippen LogP contribution in [0, 0.1) is 28.8 Å². The highest BCUT2D eigenvalue weighted by Gasteiger charge is 2.26. The van der Waals surface area contributed by atoms with Crippen molar-refractivity contribution in [1.29, 1.82) is 0 Å². The summed E-state index contributed by atoms with van der Waals surface area (Å²) < 4.78 is 14.1. The largest absolute Gasteiger partial charge is 0.349 e. The van der Waals surface area contributed by atoms with Crippen LogP contribution < -0.4 is 5.32 Å². The zero-order valence-corrected chi connectivity index (χ0v) is 12.2. The number of halogens is 1. The first-order chi connectivity index (χ1) is 9.90. The van der Waals surface area contributed by atoms with Crippen molar-refractivity contribution < 1.29 is 14.1 Å². The molecule has 0 heterocycles. The smallest absolute Gasteiger partial charge is 0.270 e. The number of benzene rings is 1. The van der Waals surface area contributed by atoms with E-state index in [4.69, 9.17) is 0 Å². The Balaban J connectivity index is 2.24. The summed E-state index contributed by atoms with van der Waals surface area (Å²) in [5.74, 6) is -0.926. The molecule has 0 aliphatic heterocycles.